The van der Waals surface area contributed by atoms with Crippen LogP contribution in [0.3, 0.4) is 0 Å². The van der Waals surface area contributed by atoms with Crippen molar-refractivity contribution in [1.82, 2.24) is 10.2 Å². The van der Waals surface area contributed by atoms with Gasteiger partial charge in [-0.25, -0.2) is 8.42 Å². The maximum atomic E-state index is 14.3. The fourth-order valence-corrected chi connectivity index (χ4v) is 6.54. The van der Waals surface area contributed by atoms with E-state index in [0.29, 0.717) is 30.8 Å². The second kappa shape index (κ2) is 16.1. The van der Waals surface area contributed by atoms with E-state index in [9.17, 15) is 18.0 Å². The summed E-state index contributed by atoms with van der Waals surface area (Å²) in [5.41, 5.74) is 3.06. The molecule has 0 aliphatic carbocycles. The molecule has 0 aliphatic heterocycles. The zero-order valence-electron chi connectivity index (χ0n) is 26.6. The summed E-state index contributed by atoms with van der Waals surface area (Å²) in [6, 6.07) is 18.7. The number of anilines is 1. The van der Waals surface area contributed by atoms with Crippen molar-refractivity contribution in [2.75, 3.05) is 38.2 Å². The Morgan fingerprint density at radius 3 is 2.14 bits per heavy atom. The first-order valence-electron chi connectivity index (χ1n) is 15.0. The van der Waals surface area contributed by atoms with E-state index in [1.165, 1.54) is 37.3 Å². The molecule has 1 atom stereocenters. The molecule has 3 rings (SSSR count). The third-order valence-electron chi connectivity index (χ3n) is 7.42. The lowest BCUT2D eigenvalue weighted by Crippen LogP contribution is -2.53. The molecule has 3 aromatic carbocycles. The first-order valence-corrected chi connectivity index (χ1v) is 16.4. The van der Waals surface area contributed by atoms with Gasteiger partial charge in [0, 0.05) is 19.2 Å². The van der Waals surface area contributed by atoms with Gasteiger partial charge in [0.15, 0.2) is 11.5 Å². The number of carbonyl (C=O) groups excluding carboxylic acids is 2. The predicted octanol–water partition coefficient (Wildman–Crippen LogP) is 5.28. The van der Waals surface area contributed by atoms with Gasteiger partial charge < -0.3 is 19.7 Å². The van der Waals surface area contributed by atoms with E-state index >= 15 is 0 Å². The Labute approximate surface area is 262 Å². The molecule has 0 unspecified atom stereocenters. The third-order valence-corrected chi connectivity index (χ3v) is 9.19. The number of sulfonamides is 1. The van der Waals surface area contributed by atoms with Crippen molar-refractivity contribution in [2.24, 2.45) is 0 Å². The maximum absolute atomic E-state index is 14.3. The molecule has 0 aromatic heterocycles. The van der Waals surface area contributed by atoms with Gasteiger partial charge in [0.1, 0.15) is 12.6 Å². The highest BCUT2D eigenvalue weighted by molar-refractivity contribution is 7.92. The van der Waals surface area contributed by atoms with Crippen molar-refractivity contribution in [3.8, 4) is 11.5 Å². The summed E-state index contributed by atoms with van der Waals surface area (Å²) < 4.78 is 40.4. The lowest BCUT2D eigenvalue weighted by Gasteiger charge is -2.33. The van der Waals surface area contributed by atoms with Gasteiger partial charge >= 0.3 is 0 Å². The quantitative estimate of drug-likeness (QED) is 0.218. The Morgan fingerprint density at radius 1 is 0.886 bits per heavy atom. The largest absolute Gasteiger partial charge is 0.493 e. The van der Waals surface area contributed by atoms with E-state index in [1.807, 2.05) is 64.1 Å². The first kappa shape index (κ1) is 34.4. The number of nitrogens with one attached hydrogen (secondary N) is 1. The van der Waals surface area contributed by atoms with Crippen molar-refractivity contribution in [2.45, 2.75) is 64.3 Å². The molecule has 0 heterocycles. The van der Waals surface area contributed by atoms with E-state index in [-0.39, 0.29) is 23.1 Å². The monoisotopic (exact) mass is 623 g/mol. The summed E-state index contributed by atoms with van der Waals surface area (Å²) in [4.78, 5) is 29.1. The Hall–Kier alpha value is -4.05. The minimum Gasteiger partial charge on any atom is -0.493 e. The number of hydrogen-bond acceptors (Lipinski definition) is 6. The van der Waals surface area contributed by atoms with Crippen LogP contribution >= 0.6 is 0 Å². The first-order chi connectivity index (χ1) is 21.0. The number of hydrogen-bond donors (Lipinski definition) is 1. The molecule has 3 aromatic rings. The normalized spacial score (nSPS) is 11.9. The Balaban J connectivity index is 2.07. The van der Waals surface area contributed by atoms with Crippen LogP contribution in [0.1, 0.15) is 49.8 Å². The molecule has 1 N–H and O–H groups in total. The summed E-state index contributed by atoms with van der Waals surface area (Å²) in [6.07, 6.45) is 2.64. The number of nitrogens with zero attached hydrogens (tertiary/aromatic N) is 2. The predicted molar refractivity (Wildman–Crippen MR) is 174 cm³/mol. The summed E-state index contributed by atoms with van der Waals surface area (Å²) in [5.74, 6) is -0.0864. The fraction of sp³-hybridized carbons (Fsp3) is 0.412. The summed E-state index contributed by atoms with van der Waals surface area (Å²) in [5, 5.41) is 2.96. The zero-order valence-corrected chi connectivity index (χ0v) is 27.4. The van der Waals surface area contributed by atoms with Crippen molar-refractivity contribution in [3.63, 3.8) is 0 Å². The summed E-state index contributed by atoms with van der Waals surface area (Å²) in [6.45, 7) is 7.91. The Morgan fingerprint density at radius 2 is 1.55 bits per heavy atom. The van der Waals surface area contributed by atoms with Gasteiger partial charge in [-0.2, -0.15) is 0 Å². The van der Waals surface area contributed by atoms with Crippen LogP contribution in [0.4, 0.5) is 5.69 Å². The SMILES string of the molecule is CCCCNC(=O)[C@H](CC)N(CCc1ccccc1)C(=O)CN(c1cc(C)cc(C)c1)S(=O)(=O)c1ccc(OC)c(OC)c1. The van der Waals surface area contributed by atoms with E-state index in [1.54, 1.807) is 12.1 Å². The van der Waals surface area contributed by atoms with E-state index in [0.717, 1.165) is 33.8 Å². The number of aryl methyl sites for hydroxylation is 2. The summed E-state index contributed by atoms with van der Waals surface area (Å²) in [7, 11) is -1.36. The highest BCUT2D eigenvalue weighted by Crippen LogP contribution is 2.33. The van der Waals surface area contributed by atoms with Crippen molar-refractivity contribution in [3.05, 3.63) is 83.4 Å². The molecule has 238 valence electrons. The maximum Gasteiger partial charge on any atom is 0.264 e. The smallest absolute Gasteiger partial charge is 0.264 e. The molecular weight excluding hydrogens is 578 g/mol. The minimum absolute atomic E-state index is 0.0534. The van der Waals surface area contributed by atoms with Crippen LogP contribution < -0.4 is 19.1 Å². The van der Waals surface area contributed by atoms with Crippen LogP contribution in [-0.4, -0.2) is 65.0 Å². The van der Waals surface area contributed by atoms with E-state index in [2.05, 4.69) is 5.32 Å². The molecule has 10 heteroatoms. The van der Waals surface area contributed by atoms with E-state index < -0.39 is 28.5 Å². The van der Waals surface area contributed by atoms with Crippen LogP contribution in [-0.2, 0) is 26.0 Å². The summed E-state index contributed by atoms with van der Waals surface area (Å²) >= 11 is 0. The molecule has 9 nitrogen and oxygen atoms in total. The highest BCUT2D eigenvalue weighted by atomic mass is 32.2. The third kappa shape index (κ3) is 8.75. The highest BCUT2D eigenvalue weighted by Gasteiger charge is 2.34. The molecule has 0 bridgehead atoms. The molecule has 0 saturated heterocycles. The van der Waals surface area contributed by atoms with Crippen LogP contribution in [0.15, 0.2) is 71.6 Å². The van der Waals surface area contributed by atoms with Crippen LogP contribution in [0, 0.1) is 13.8 Å². The van der Waals surface area contributed by atoms with Gasteiger partial charge in [0.2, 0.25) is 11.8 Å². The van der Waals surface area contributed by atoms with Gasteiger partial charge in [-0.1, -0.05) is 56.7 Å². The van der Waals surface area contributed by atoms with Gasteiger partial charge in [-0.15, -0.1) is 0 Å². The van der Waals surface area contributed by atoms with Gasteiger partial charge in [0.05, 0.1) is 24.8 Å². The number of carbonyl (C=O) groups is 2. The molecule has 0 fully saturated rings. The average molecular weight is 624 g/mol. The molecule has 0 spiro atoms. The number of unbranched alkanes of at least 4 members (excludes halogenated alkanes) is 1. The number of rotatable bonds is 16. The van der Waals surface area contributed by atoms with Gasteiger partial charge in [-0.05, 0) is 74.1 Å². The van der Waals surface area contributed by atoms with Crippen LogP contribution in [0.5, 0.6) is 11.5 Å². The van der Waals surface area contributed by atoms with E-state index in [4.69, 9.17) is 9.47 Å². The average Bonchev–Trinajstić information content (AvgIpc) is 3.01. The lowest BCUT2D eigenvalue weighted by atomic mass is 10.1. The Kier molecular flexibility index (Phi) is 12.6. The number of amides is 2. The number of methoxy groups -OCH3 is 2. The van der Waals surface area contributed by atoms with Crippen LogP contribution in [0.2, 0.25) is 0 Å². The van der Waals surface area contributed by atoms with Crippen molar-refractivity contribution >= 4 is 27.5 Å². The van der Waals surface area contributed by atoms with Crippen LogP contribution in [0.25, 0.3) is 0 Å². The zero-order chi connectivity index (χ0) is 32.3. The molecule has 0 radical (unpaired) electrons. The molecule has 0 aliphatic rings. The second-order valence-corrected chi connectivity index (χ2v) is 12.6. The van der Waals surface area contributed by atoms with Gasteiger partial charge in [0.25, 0.3) is 10.0 Å². The second-order valence-electron chi connectivity index (χ2n) is 10.8. The van der Waals surface area contributed by atoms with Gasteiger partial charge in [-0.3, -0.25) is 13.9 Å². The molecule has 44 heavy (non-hydrogen) atoms. The topological polar surface area (TPSA) is 105 Å². The Bertz CT molecular complexity index is 1490. The number of ether oxygens (including phenoxy) is 2. The minimum atomic E-state index is -4.26. The lowest BCUT2D eigenvalue weighted by molar-refractivity contribution is -0.139. The van der Waals surface area contributed by atoms with Crippen molar-refractivity contribution < 1.29 is 27.5 Å². The molecule has 2 amide bonds. The van der Waals surface area contributed by atoms with Crippen molar-refractivity contribution in [1.29, 1.82) is 0 Å². The standard InChI is InChI=1S/C34H45N3O6S/c1-7-9-18-35-34(39)30(8-2)36(19-17-27-13-11-10-12-14-27)33(38)24-37(28-21-25(3)20-26(4)22-28)44(40,41)29-15-16-31(42-5)32(23-29)43-6/h10-16,20-23,30H,7-9,17-19,24H2,1-6H3,(H,35,39)/t30-/m0/s1. The fourth-order valence-electron chi connectivity index (χ4n) is 5.13. The number of benzene rings is 3. The molecular formula is C34H45N3O6S. The molecule has 0 saturated carbocycles.